The maximum Gasteiger partial charge on any atom is 0.215 e. The summed E-state index contributed by atoms with van der Waals surface area (Å²) in [6.07, 6.45) is 1.72. The number of nitrogen functional groups attached to an aromatic ring is 1. The summed E-state index contributed by atoms with van der Waals surface area (Å²) >= 11 is 1.53. The zero-order valence-corrected chi connectivity index (χ0v) is 12.7. The van der Waals surface area contributed by atoms with Gasteiger partial charge in [0.2, 0.25) is 10.0 Å². The van der Waals surface area contributed by atoms with Crippen LogP contribution in [0.15, 0.2) is 35.8 Å². The molecule has 1 heterocycles. The highest BCUT2D eigenvalue weighted by Gasteiger charge is 2.15. The molecule has 1 unspecified atom stereocenters. The fourth-order valence-electron chi connectivity index (χ4n) is 1.77. The van der Waals surface area contributed by atoms with Crippen LogP contribution in [0, 0.1) is 0 Å². The Balaban J connectivity index is 1.94. The summed E-state index contributed by atoms with van der Waals surface area (Å²) < 4.78 is 26.6. The standard InChI is InChI=1S/C13H17N3O2S2/c1-10(13-15-5-6-19-13)8-16-20(17,18)9-11-3-2-4-12(14)7-11/h2-7,10,16H,8-9,14H2,1H3. The van der Waals surface area contributed by atoms with E-state index in [1.165, 1.54) is 11.3 Å². The molecule has 2 aromatic rings. The minimum absolute atomic E-state index is 0.0608. The third kappa shape index (κ3) is 4.29. The van der Waals surface area contributed by atoms with E-state index in [0.29, 0.717) is 17.8 Å². The number of hydrogen-bond acceptors (Lipinski definition) is 5. The van der Waals surface area contributed by atoms with E-state index in [9.17, 15) is 8.42 Å². The van der Waals surface area contributed by atoms with Crippen LogP contribution in [0.1, 0.15) is 23.4 Å². The summed E-state index contributed by atoms with van der Waals surface area (Å²) in [5, 5.41) is 2.81. The molecule has 0 aliphatic rings. The lowest BCUT2D eigenvalue weighted by Crippen LogP contribution is -2.28. The van der Waals surface area contributed by atoms with Gasteiger partial charge in [-0.2, -0.15) is 0 Å². The van der Waals surface area contributed by atoms with E-state index in [4.69, 9.17) is 5.73 Å². The molecule has 7 heteroatoms. The smallest absolute Gasteiger partial charge is 0.215 e. The number of sulfonamides is 1. The molecule has 0 radical (unpaired) electrons. The van der Waals surface area contributed by atoms with Crippen molar-refractivity contribution in [3.63, 3.8) is 0 Å². The second kappa shape index (κ2) is 6.34. The minimum Gasteiger partial charge on any atom is -0.399 e. The van der Waals surface area contributed by atoms with Crippen LogP contribution in [-0.2, 0) is 15.8 Å². The van der Waals surface area contributed by atoms with Crippen molar-refractivity contribution < 1.29 is 8.42 Å². The van der Waals surface area contributed by atoms with E-state index >= 15 is 0 Å². The summed E-state index contributed by atoms with van der Waals surface area (Å²) in [5.74, 6) is -0.00608. The highest BCUT2D eigenvalue weighted by molar-refractivity contribution is 7.88. The number of nitrogens with one attached hydrogen (secondary N) is 1. The van der Waals surface area contributed by atoms with Crippen molar-refractivity contribution in [2.24, 2.45) is 0 Å². The number of thiazole rings is 1. The van der Waals surface area contributed by atoms with Gasteiger partial charge in [-0.15, -0.1) is 11.3 Å². The Morgan fingerprint density at radius 3 is 2.90 bits per heavy atom. The molecule has 0 bridgehead atoms. The van der Waals surface area contributed by atoms with E-state index in [0.717, 1.165) is 5.01 Å². The molecule has 0 saturated carbocycles. The van der Waals surface area contributed by atoms with Gasteiger partial charge in [0.25, 0.3) is 0 Å². The zero-order chi connectivity index (χ0) is 14.6. The van der Waals surface area contributed by atoms with Crippen LogP contribution >= 0.6 is 11.3 Å². The van der Waals surface area contributed by atoms with Crippen LogP contribution in [0.4, 0.5) is 5.69 Å². The Morgan fingerprint density at radius 1 is 1.45 bits per heavy atom. The summed E-state index contributed by atoms with van der Waals surface area (Å²) in [4.78, 5) is 4.18. The van der Waals surface area contributed by atoms with Gasteiger partial charge in [0, 0.05) is 29.7 Å². The lowest BCUT2D eigenvalue weighted by molar-refractivity contribution is 0.574. The van der Waals surface area contributed by atoms with E-state index in [2.05, 4.69) is 9.71 Å². The first-order valence-corrected chi connectivity index (χ1v) is 8.70. The number of benzene rings is 1. The van der Waals surface area contributed by atoms with Gasteiger partial charge in [-0.1, -0.05) is 19.1 Å². The molecule has 0 saturated heterocycles. The Morgan fingerprint density at radius 2 is 2.25 bits per heavy atom. The van der Waals surface area contributed by atoms with Gasteiger partial charge in [0.1, 0.15) is 0 Å². The third-order valence-electron chi connectivity index (χ3n) is 2.79. The number of aromatic nitrogens is 1. The second-order valence-corrected chi connectivity index (χ2v) is 7.36. The molecule has 0 spiro atoms. The Hall–Kier alpha value is -1.44. The van der Waals surface area contributed by atoms with Crippen molar-refractivity contribution in [2.45, 2.75) is 18.6 Å². The molecular weight excluding hydrogens is 294 g/mol. The van der Waals surface area contributed by atoms with Gasteiger partial charge in [-0.05, 0) is 17.7 Å². The highest BCUT2D eigenvalue weighted by atomic mass is 32.2. The second-order valence-electron chi connectivity index (χ2n) is 4.62. The Labute approximate surface area is 122 Å². The first-order valence-electron chi connectivity index (χ1n) is 6.17. The predicted molar refractivity (Wildman–Crippen MR) is 82.0 cm³/mol. The van der Waals surface area contributed by atoms with Crippen LogP contribution < -0.4 is 10.5 Å². The van der Waals surface area contributed by atoms with E-state index in [-0.39, 0.29) is 11.7 Å². The van der Waals surface area contributed by atoms with Gasteiger partial charge in [-0.3, -0.25) is 0 Å². The maximum atomic E-state index is 12.0. The minimum atomic E-state index is -3.37. The number of anilines is 1. The predicted octanol–water partition coefficient (Wildman–Crippen LogP) is 1.95. The molecule has 3 N–H and O–H groups in total. The van der Waals surface area contributed by atoms with E-state index in [1.54, 1.807) is 30.5 Å². The van der Waals surface area contributed by atoms with Crippen LogP contribution in [0.25, 0.3) is 0 Å². The SMILES string of the molecule is CC(CNS(=O)(=O)Cc1cccc(N)c1)c1nccs1. The van der Waals surface area contributed by atoms with Gasteiger partial charge < -0.3 is 5.73 Å². The van der Waals surface area contributed by atoms with E-state index < -0.39 is 10.0 Å². The van der Waals surface area contributed by atoms with Gasteiger partial charge in [0.05, 0.1) is 10.8 Å². The topological polar surface area (TPSA) is 85.1 Å². The molecule has 0 amide bonds. The number of hydrogen-bond donors (Lipinski definition) is 2. The van der Waals surface area contributed by atoms with Gasteiger partial charge >= 0.3 is 0 Å². The highest BCUT2D eigenvalue weighted by Crippen LogP contribution is 2.17. The molecule has 0 fully saturated rings. The first kappa shape index (κ1) is 15.0. The zero-order valence-electron chi connectivity index (χ0n) is 11.1. The summed E-state index contributed by atoms with van der Waals surface area (Å²) in [6.45, 7) is 2.29. The molecular formula is C13H17N3O2S2. The lowest BCUT2D eigenvalue weighted by atomic mass is 10.2. The van der Waals surface area contributed by atoms with Crippen LogP contribution in [0.5, 0.6) is 0 Å². The first-order chi connectivity index (χ1) is 9.46. The fourth-order valence-corrected chi connectivity index (χ4v) is 3.69. The monoisotopic (exact) mass is 311 g/mol. The molecule has 1 aromatic heterocycles. The van der Waals surface area contributed by atoms with Crippen molar-refractivity contribution in [3.8, 4) is 0 Å². The number of nitrogens with two attached hydrogens (primary N) is 1. The third-order valence-corrected chi connectivity index (χ3v) is 5.12. The molecule has 20 heavy (non-hydrogen) atoms. The van der Waals surface area contributed by atoms with Gasteiger partial charge in [-0.25, -0.2) is 18.1 Å². The quantitative estimate of drug-likeness (QED) is 0.799. The molecule has 1 aromatic carbocycles. The maximum absolute atomic E-state index is 12.0. The van der Waals surface area contributed by atoms with Crippen molar-refractivity contribution in [3.05, 3.63) is 46.4 Å². The van der Waals surface area contributed by atoms with Gasteiger partial charge in [0.15, 0.2) is 0 Å². The van der Waals surface area contributed by atoms with Crippen LogP contribution in [0.2, 0.25) is 0 Å². The molecule has 108 valence electrons. The molecule has 0 aliphatic carbocycles. The number of nitrogens with zero attached hydrogens (tertiary/aromatic N) is 1. The Kier molecular flexibility index (Phi) is 4.74. The summed E-state index contributed by atoms with van der Waals surface area (Å²) in [6, 6.07) is 6.90. The summed E-state index contributed by atoms with van der Waals surface area (Å²) in [5.41, 5.74) is 6.89. The lowest BCUT2D eigenvalue weighted by Gasteiger charge is -2.11. The largest absolute Gasteiger partial charge is 0.399 e. The van der Waals surface area contributed by atoms with Crippen LogP contribution in [-0.4, -0.2) is 19.9 Å². The van der Waals surface area contributed by atoms with Crippen LogP contribution in [0.3, 0.4) is 0 Å². The van der Waals surface area contributed by atoms with Crippen molar-refractivity contribution in [2.75, 3.05) is 12.3 Å². The molecule has 0 aliphatic heterocycles. The average Bonchev–Trinajstić information content (AvgIpc) is 2.89. The van der Waals surface area contributed by atoms with E-state index in [1.807, 2.05) is 12.3 Å². The van der Waals surface area contributed by atoms with Crippen molar-refractivity contribution >= 4 is 27.0 Å². The van der Waals surface area contributed by atoms with Crippen molar-refractivity contribution in [1.29, 1.82) is 0 Å². The Bertz CT molecular complexity index is 654. The molecule has 5 nitrogen and oxygen atoms in total. The number of rotatable bonds is 6. The normalized spacial score (nSPS) is 13.2. The molecule has 2 rings (SSSR count). The van der Waals surface area contributed by atoms with Crippen molar-refractivity contribution in [1.82, 2.24) is 9.71 Å². The average molecular weight is 311 g/mol. The fraction of sp³-hybridized carbons (Fsp3) is 0.308. The molecule has 1 atom stereocenters. The summed E-state index contributed by atoms with van der Waals surface area (Å²) in [7, 11) is -3.37.